The molecule has 0 spiro atoms. The van der Waals surface area contributed by atoms with E-state index >= 15 is 0 Å². The van der Waals surface area contributed by atoms with Crippen molar-refractivity contribution in [3.63, 3.8) is 0 Å². The van der Waals surface area contributed by atoms with E-state index in [9.17, 15) is 4.79 Å². The standard InChI is InChI=1S/C16H21ClN4O/c1-18-8-12-3-2-6-20(9-12)11-14-7-16(22)21-10-13(17)4-5-15(21)19-14/h4-5,7,10,12,18H,2-3,6,8-9,11H2,1H3. The van der Waals surface area contributed by atoms with E-state index in [1.165, 1.54) is 17.2 Å². The zero-order valence-electron chi connectivity index (χ0n) is 12.8. The van der Waals surface area contributed by atoms with Crippen molar-refractivity contribution >= 4 is 17.2 Å². The lowest BCUT2D eigenvalue weighted by Gasteiger charge is -2.32. The third kappa shape index (κ3) is 3.48. The van der Waals surface area contributed by atoms with E-state index in [1.807, 2.05) is 7.05 Å². The highest BCUT2D eigenvalue weighted by atomic mass is 35.5. The summed E-state index contributed by atoms with van der Waals surface area (Å²) in [7, 11) is 2.00. The maximum atomic E-state index is 12.2. The molecule has 1 fully saturated rings. The Morgan fingerprint density at radius 1 is 1.45 bits per heavy atom. The first-order valence-electron chi connectivity index (χ1n) is 7.70. The molecule has 0 bridgehead atoms. The van der Waals surface area contributed by atoms with Gasteiger partial charge < -0.3 is 5.32 Å². The SMILES string of the molecule is CNCC1CCCN(Cc2cc(=O)n3cc(Cl)ccc3n2)C1. The van der Waals surface area contributed by atoms with Crippen LogP contribution in [0.3, 0.4) is 0 Å². The molecule has 6 heteroatoms. The molecule has 1 atom stereocenters. The van der Waals surface area contributed by atoms with Crippen molar-refractivity contribution in [1.29, 1.82) is 0 Å². The summed E-state index contributed by atoms with van der Waals surface area (Å²) in [6, 6.07) is 5.16. The van der Waals surface area contributed by atoms with Crippen LogP contribution in [0.5, 0.6) is 0 Å². The second-order valence-corrected chi connectivity index (χ2v) is 6.40. The van der Waals surface area contributed by atoms with E-state index in [2.05, 4.69) is 15.2 Å². The van der Waals surface area contributed by atoms with Gasteiger partial charge in [0, 0.05) is 25.4 Å². The fourth-order valence-corrected chi connectivity index (χ4v) is 3.35. The van der Waals surface area contributed by atoms with Gasteiger partial charge >= 0.3 is 0 Å². The maximum Gasteiger partial charge on any atom is 0.258 e. The molecular weight excluding hydrogens is 300 g/mol. The number of fused-ring (bicyclic) bond motifs is 1. The smallest absolute Gasteiger partial charge is 0.258 e. The van der Waals surface area contributed by atoms with E-state index in [0.717, 1.165) is 31.9 Å². The fourth-order valence-electron chi connectivity index (χ4n) is 3.19. The lowest BCUT2D eigenvalue weighted by molar-refractivity contribution is 0.165. The predicted molar refractivity (Wildman–Crippen MR) is 88.4 cm³/mol. The summed E-state index contributed by atoms with van der Waals surface area (Å²) in [5.74, 6) is 0.680. The van der Waals surface area contributed by atoms with E-state index in [0.29, 0.717) is 16.6 Å². The Labute approximate surface area is 134 Å². The summed E-state index contributed by atoms with van der Waals surface area (Å²) in [4.78, 5) is 19.2. The molecule has 118 valence electrons. The highest BCUT2D eigenvalue weighted by Gasteiger charge is 2.20. The highest BCUT2D eigenvalue weighted by Crippen LogP contribution is 2.17. The average Bonchev–Trinajstić information content (AvgIpc) is 2.49. The van der Waals surface area contributed by atoms with Gasteiger partial charge in [0.1, 0.15) is 5.65 Å². The van der Waals surface area contributed by atoms with Crippen LogP contribution in [-0.2, 0) is 6.54 Å². The maximum absolute atomic E-state index is 12.2. The molecule has 2 aromatic heterocycles. The van der Waals surface area contributed by atoms with Crippen LogP contribution in [0.2, 0.25) is 5.02 Å². The van der Waals surface area contributed by atoms with Gasteiger partial charge in [-0.1, -0.05) is 11.6 Å². The summed E-state index contributed by atoms with van der Waals surface area (Å²) in [6.07, 6.45) is 4.08. The molecule has 22 heavy (non-hydrogen) atoms. The molecule has 5 nitrogen and oxygen atoms in total. The number of pyridine rings is 1. The second kappa shape index (κ2) is 6.77. The predicted octanol–water partition coefficient (Wildman–Crippen LogP) is 1.78. The van der Waals surface area contributed by atoms with Crippen LogP contribution in [0.25, 0.3) is 5.65 Å². The Bertz CT molecular complexity index is 713. The molecule has 1 unspecified atom stereocenters. The van der Waals surface area contributed by atoms with Crippen LogP contribution in [0, 0.1) is 5.92 Å². The van der Waals surface area contributed by atoms with Crippen LogP contribution in [-0.4, -0.2) is 41.0 Å². The molecule has 0 saturated carbocycles. The first-order valence-corrected chi connectivity index (χ1v) is 8.08. The third-order valence-corrected chi connectivity index (χ3v) is 4.38. The van der Waals surface area contributed by atoms with E-state index in [4.69, 9.17) is 11.6 Å². The van der Waals surface area contributed by atoms with Crippen molar-refractivity contribution in [3.8, 4) is 0 Å². The molecule has 3 heterocycles. The first-order chi connectivity index (χ1) is 10.7. The lowest BCUT2D eigenvalue weighted by Crippen LogP contribution is -2.39. The minimum atomic E-state index is -0.0775. The Morgan fingerprint density at radius 2 is 2.32 bits per heavy atom. The Morgan fingerprint density at radius 3 is 3.14 bits per heavy atom. The van der Waals surface area contributed by atoms with E-state index in [1.54, 1.807) is 24.4 Å². The van der Waals surface area contributed by atoms with Crippen LogP contribution in [0.4, 0.5) is 0 Å². The van der Waals surface area contributed by atoms with Gasteiger partial charge in [0.2, 0.25) is 0 Å². The highest BCUT2D eigenvalue weighted by molar-refractivity contribution is 6.30. The van der Waals surface area contributed by atoms with Crippen molar-refractivity contribution in [3.05, 3.63) is 45.5 Å². The van der Waals surface area contributed by atoms with Gasteiger partial charge in [-0.05, 0) is 51.0 Å². The number of hydrogen-bond acceptors (Lipinski definition) is 4. The number of piperidine rings is 1. The summed E-state index contributed by atoms with van der Waals surface area (Å²) in [6.45, 7) is 3.90. The number of halogens is 1. The number of nitrogens with one attached hydrogen (secondary N) is 1. The summed E-state index contributed by atoms with van der Waals surface area (Å²) < 4.78 is 1.49. The van der Waals surface area contributed by atoms with Crippen molar-refractivity contribution in [2.45, 2.75) is 19.4 Å². The van der Waals surface area contributed by atoms with Gasteiger partial charge in [-0.3, -0.25) is 14.1 Å². The monoisotopic (exact) mass is 320 g/mol. The molecule has 0 amide bonds. The van der Waals surface area contributed by atoms with Crippen molar-refractivity contribution in [2.24, 2.45) is 5.92 Å². The van der Waals surface area contributed by atoms with Crippen molar-refractivity contribution < 1.29 is 0 Å². The minimum Gasteiger partial charge on any atom is -0.319 e. The average molecular weight is 321 g/mol. The Hall–Kier alpha value is -1.43. The minimum absolute atomic E-state index is 0.0775. The molecular formula is C16H21ClN4O. The van der Waals surface area contributed by atoms with Gasteiger partial charge in [0.05, 0.1) is 10.7 Å². The van der Waals surface area contributed by atoms with Gasteiger partial charge in [-0.15, -0.1) is 0 Å². The summed E-state index contributed by atoms with van der Waals surface area (Å²) in [5.41, 5.74) is 1.40. The Kier molecular flexibility index (Phi) is 4.76. The molecule has 0 radical (unpaired) electrons. The molecule has 0 aromatic carbocycles. The number of rotatable bonds is 4. The van der Waals surface area contributed by atoms with Crippen LogP contribution >= 0.6 is 11.6 Å². The quantitative estimate of drug-likeness (QED) is 0.933. The topological polar surface area (TPSA) is 49.6 Å². The second-order valence-electron chi connectivity index (χ2n) is 5.96. The molecule has 1 N–H and O–H groups in total. The normalized spacial score (nSPS) is 19.6. The molecule has 2 aromatic rings. The first kappa shape index (κ1) is 15.5. The van der Waals surface area contributed by atoms with Gasteiger partial charge in [-0.25, -0.2) is 4.98 Å². The van der Waals surface area contributed by atoms with E-state index in [-0.39, 0.29) is 5.56 Å². The summed E-state index contributed by atoms with van der Waals surface area (Å²) in [5, 5.41) is 3.79. The van der Waals surface area contributed by atoms with Crippen LogP contribution in [0.15, 0.2) is 29.2 Å². The zero-order chi connectivity index (χ0) is 15.5. The van der Waals surface area contributed by atoms with Crippen molar-refractivity contribution in [1.82, 2.24) is 19.6 Å². The zero-order valence-corrected chi connectivity index (χ0v) is 13.5. The van der Waals surface area contributed by atoms with Gasteiger partial charge in [-0.2, -0.15) is 0 Å². The van der Waals surface area contributed by atoms with E-state index < -0.39 is 0 Å². The van der Waals surface area contributed by atoms with Gasteiger partial charge in [0.25, 0.3) is 5.56 Å². The largest absolute Gasteiger partial charge is 0.319 e. The van der Waals surface area contributed by atoms with Crippen LogP contribution in [0.1, 0.15) is 18.5 Å². The Balaban J connectivity index is 1.79. The number of nitrogens with zero attached hydrogens (tertiary/aromatic N) is 3. The number of hydrogen-bond donors (Lipinski definition) is 1. The molecule has 0 aliphatic carbocycles. The molecule has 1 saturated heterocycles. The number of likely N-dealkylation sites (tertiary alicyclic amines) is 1. The molecule has 3 rings (SSSR count). The molecule has 1 aliphatic heterocycles. The fraction of sp³-hybridized carbons (Fsp3) is 0.500. The van der Waals surface area contributed by atoms with Gasteiger partial charge in [0.15, 0.2) is 0 Å². The van der Waals surface area contributed by atoms with Crippen molar-refractivity contribution in [2.75, 3.05) is 26.7 Å². The summed E-state index contributed by atoms with van der Waals surface area (Å²) >= 11 is 5.93. The molecule has 1 aliphatic rings. The van der Waals surface area contributed by atoms with Crippen LogP contribution < -0.4 is 10.9 Å². The number of aromatic nitrogens is 2. The lowest BCUT2D eigenvalue weighted by atomic mass is 9.98. The third-order valence-electron chi connectivity index (χ3n) is 4.16.